The molecule has 0 aliphatic heterocycles. The van der Waals surface area contributed by atoms with Crippen LogP contribution in [0, 0.1) is 0 Å². The third-order valence-electron chi connectivity index (χ3n) is 3.92. The molecular weight excluding hydrogens is 428 g/mol. The van der Waals surface area contributed by atoms with E-state index in [1.807, 2.05) is 6.07 Å². The summed E-state index contributed by atoms with van der Waals surface area (Å²) >= 11 is 3.26. The van der Waals surface area contributed by atoms with Gasteiger partial charge in [-0.25, -0.2) is 5.43 Å². The number of aromatic amines is 1. The van der Waals surface area contributed by atoms with Crippen LogP contribution in [0.3, 0.4) is 0 Å². The lowest BCUT2D eigenvalue weighted by atomic mass is 10.1. The van der Waals surface area contributed by atoms with E-state index >= 15 is 0 Å². The Kier molecular flexibility index (Phi) is 5.95. The van der Waals surface area contributed by atoms with Gasteiger partial charge in [-0.15, -0.1) is 0 Å². The van der Waals surface area contributed by atoms with Gasteiger partial charge in [0, 0.05) is 21.7 Å². The molecule has 0 radical (unpaired) electrons. The lowest BCUT2D eigenvalue weighted by Gasteiger charge is -2.09. The molecule has 1 aromatic heterocycles. The van der Waals surface area contributed by atoms with Crippen molar-refractivity contribution in [3.05, 3.63) is 58.2 Å². The topological polar surface area (TPSA) is 109 Å². The maximum Gasteiger partial charge on any atom is 0.275 e. The van der Waals surface area contributed by atoms with Gasteiger partial charge >= 0.3 is 0 Å². The maximum absolute atomic E-state index is 12.2. The minimum absolute atomic E-state index is 0.107. The van der Waals surface area contributed by atoms with Gasteiger partial charge in [-0.1, -0.05) is 15.9 Å². The van der Waals surface area contributed by atoms with Gasteiger partial charge < -0.3 is 14.6 Å². The number of benzene rings is 2. The molecule has 8 nitrogen and oxygen atoms in total. The van der Waals surface area contributed by atoms with Gasteiger partial charge in [-0.05, 0) is 30.3 Å². The van der Waals surface area contributed by atoms with Crippen molar-refractivity contribution in [2.75, 3.05) is 14.2 Å². The Labute approximate surface area is 169 Å². The van der Waals surface area contributed by atoms with Gasteiger partial charge in [0.15, 0.2) is 0 Å². The van der Waals surface area contributed by atoms with Crippen molar-refractivity contribution in [3.63, 3.8) is 0 Å². The highest BCUT2D eigenvalue weighted by Crippen LogP contribution is 2.33. The van der Waals surface area contributed by atoms with E-state index < -0.39 is 5.91 Å². The number of rotatable bonds is 6. The summed E-state index contributed by atoms with van der Waals surface area (Å²) in [5.74, 6) is 0.586. The maximum atomic E-state index is 12.2. The molecule has 0 fully saturated rings. The van der Waals surface area contributed by atoms with Gasteiger partial charge in [-0.3, -0.25) is 9.89 Å². The molecule has 144 valence electrons. The van der Waals surface area contributed by atoms with Gasteiger partial charge in [0.25, 0.3) is 5.91 Å². The molecule has 0 bridgehead atoms. The molecule has 0 saturated heterocycles. The second-order valence-electron chi connectivity index (χ2n) is 5.63. The first-order valence-corrected chi connectivity index (χ1v) is 8.90. The van der Waals surface area contributed by atoms with Gasteiger partial charge in [0.05, 0.1) is 37.9 Å². The Balaban J connectivity index is 1.81. The molecule has 9 heteroatoms. The summed E-state index contributed by atoms with van der Waals surface area (Å²) in [6, 6.07) is 9.96. The number of phenols is 1. The number of halogens is 1. The number of carbonyl (C=O) groups is 1. The lowest BCUT2D eigenvalue weighted by molar-refractivity contribution is 0.0952. The summed E-state index contributed by atoms with van der Waals surface area (Å²) in [6.45, 7) is 0. The SMILES string of the molecule is COc1ccc(-c2[nH]ncc2C=NNC(=O)c2cc(Br)ccc2O)c(OC)c1. The van der Waals surface area contributed by atoms with Crippen LogP contribution in [0.25, 0.3) is 11.3 Å². The molecule has 1 amide bonds. The number of methoxy groups -OCH3 is 2. The number of nitrogens with one attached hydrogen (secondary N) is 2. The highest BCUT2D eigenvalue weighted by molar-refractivity contribution is 9.10. The van der Waals surface area contributed by atoms with Crippen molar-refractivity contribution in [2.24, 2.45) is 5.10 Å². The fourth-order valence-electron chi connectivity index (χ4n) is 2.52. The Hall–Kier alpha value is -3.33. The molecule has 2 aromatic carbocycles. The molecule has 0 atom stereocenters. The highest BCUT2D eigenvalue weighted by atomic mass is 79.9. The van der Waals surface area contributed by atoms with Crippen molar-refractivity contribution in [3.8, 4) is 28.5 Å². The largest absolute Gasteiger partial charge is 0.507 e. The van der Waals surface area contributed by atoms with Crippen LogP contribution in [0.5, 0.6) is 17.2 Å². The summed E-state index contributed by atoms with van der Waals surface area (Å²) in [5, 5.41) is 20.7. The molecule has 0 saturated carbocycles. The second-order valence-corrected chi connectivity index (χ2v) is 6.54. The van der Waals surface area contributed by atoms with Crippen LogP contribution >= 0.6 is 15.9 Å². The third-order valence-corrected chi connectivity index (χ3v) is 4.41. The van der Waals surface area contributed by atoms with Crippen molar-refractivity contribution in [1.82, 2.24) is 15.6 Å². The zero-order valence-electron chi connectivity index (χ0n) is 15.1. The molecule has 1 heterocycles. The fourth-order valence-corrected chi connectivity index (χ4v) is 2.89. The van der Waals surface area contributed by atoms with E-state index in [-0.39, 0.29) is 11.3 Å². The molecule has 0 aliphatic carbocycles. The van der Waals surface area contributed by atoms with Crippen molar-refractivity contribution < 1.29 is 19.4 Å². The van der Waals surface area contributed by atoms with Gasteiger partial charge in [0.2, 0.25) is 0 Å². The smallest absolute Gasteiger partial charge is 0.275 e. The monoisotopic (exact) mass is 444 g/mol. The number of hydrazone groups is 1. The molecule has 3 rings (SSSR count). The van der Waals surface area contributed by atoms with Crippen molar-refractivity contribution in [2.45, 2.75) is 0 Å². The molecular formula is C19H17BrN4O4. The Bertz CT molecular complexity index is 1030. The summed E-state index contributed by atoms with van der Waals surface area (Å²) < 4.78 is 11.3. The van der Waals surface area contributed by atoms with Gasteiger partial charge in [0.1, 0.15) is 17.2 Å². The predicted octanol–water partition coefficient (Wildman–Crippen LogP) is 3.33. The van der Waals surface area contributed by atoms with Crippen LogP contribution in [0.2, 0.25) is 0 Å². The average molecular weight is 445 g/mol. The number of ether oxygens (including phenoxy) is 2. The average Bonchev–Trinajstić information content (AvgIpc) is 3.17. The van der Waals surface area contributed by atoms with Crippen LogP contribution in [0.4, 0.5) is 0 Å². The summed E-state index contributed by atoms with van der Waals surface area (Å²) in [5.41, 5.74) is 4.57. The van der Waals surface area contributed by atoms with E-state index in [9.17, 15) is 9.90 Å². The van der Waals surface area contributed by atoms with Gasteiger partial charge in [-0.2, -0.15) is 10.2 Å². The Morgan fingerprint density at radius 2 is 2.07 bits per heavy atom. The minimum Gasteiger partial charge on any atom is -0.507 e. The Morgan fingerprint density at radius 3 is 2.82 bits per heavy atom. The van der Waals surface area contributed by atoms with E-state index in [4.69, 9.17) is 9.47 Å². The van der Waals surface area contributed by atoms with Crippen LogP contribution in [-0.4, -0.2) is 41.6 Å². The first-order chi connectivity index (χ1) is 13.5. The molecule has 0 unspecified atom stereocenters. The molecule has 28 heavy (non-hydrogen) atoms. The van der Waals surface area contributed by atoms with Crippen LogP contribution < -0.4 is 14.9 Å². The number of aromatic hydroxyl groups is 1. The fraction of sp³-hybridized carbons (Fsp3) is 0.105. The minimum atomic E-state index is -0.540. The number of aromatic nitrogens is 2. The van der Waals surface area contributed by atoms with Crippen molar-refractivity contribution in [1.29, 1.82) is 0 Å². The molecule has 0 spiro atoms. The van der Waals surface area contributed by atoms with Crippen molar-refractivity contribution >= 4 is 28.1 Å². The van der Waals surface area contributed by atoms with E-state index in [0.717, 1.165) is 5.56 Å². The van der Waals surface area contributed by atoms with Crippen LogP contribution in [-0.2, 0) is 0 Å². The van der Waals surface area contributed by atoms with E-state index in [1.54, 1.807) is 38.6 Å². The number of hydrogen-bond donors (Lipinski definition) is 3. The standard InChI is InChI=1S/C19H17BrN4O4/c1-27-13-4-5-14(17(8-13)28-2)18-11(9-21-23-18)10-22-24-19(26)15-7-12(20)3-6-16(15)25/h3-10,25H,1-2H3,(H,21,23)(H,24,26). The van der Waals surface area contributed by atoms with Crippen LogP contribution in [0.1, 0.15) is 15.9 Å². The first-order valence-electron chi connectivity index (χ1n) is 8.11. The zero-order valence-corrected chi connectivity index (χ0v) is 16.6. The van der Waals surface area contributed by atoms with E-state index in [0.29, 0.717) is 27.2 Å². The third kappa shape index (κ3) is 4.15. The number of amides is 1. The van der Waals surface area contributed by atoms with Crippen LogP contribution in [0.15, 0.2) is 52.2 Å². The number of phenolic OH excluding ortho intramolecular Hbond substituents is 1. The summed E-state index contributed by atoms with van der Waals surface area (Å²) in [4.78, 5) is 12.2. The van der Waals surface area contributed by atoms with E-state index in [2.05, 4.69) is 36.7 Å². The number of carbonyl (C=O) groups excluding carboxylic acids is 1. The molecule has 3 aromatic rings. The summed E-state index contributed by atoms with van der Waals surface area (Å²) in [6.07, 6.45) is 3.03. The molecule has 0 aliphatic rings. The number of H-pyrrole nitrogens is 1. The zero-order chi connectivity index (χ0) is 20.1. The highest BCUT2D eigenvalue weighted by Gasteiger charge is 2.14. The number of hydrogen-bond acceptors (Lipinski definition) is 6. The van der Waals surface area contributed by atoms with E-state index in [1.165, 1.54) is 18.3 Å². The Morgan fingerprint density at radius 1 is 1.25 bits per heavy atom. The lowest BCUT2D eigenvalue weighted by Crippen LogP contribution is -2.17. The normalized spacial score (nSPS) is 10.8. The number of nitrogens with zero attached hydrogens (tertiary/aromatic N) is 2. The second kappa shape index (κ2) is 8.57. The first kappa shape index (κ1) is 19.4. The predicted molar refractivity (Wildman–Crippen MR) is 108 cm³/mol. The summed E-state index contributed by atoms with van der Waals surface area (Å²) in [7, 11) is 3.14. The quantitative estimate of drug-likeness (QED) is 0.399. The molecule has 3 N–H and O–H groups in total.